The summed E-state index contributed by atoms with van der Waals surface area (Å²) < 4.78 is 43.9. The van der Waals surface area contributed by atoms with Crippen molar-refractivity contribution in [1.82, 2.24) is 4.98 Å². The minimum atomic E-state index is -4.82. The number of alkyl halides is 3. The van der Waals surface area contributed by atoms with Gasteiger partial charge < -0.3 is 15.2 Å². The molecule has 0 unspecified atom stereocenters. The van der Waals surface area contributed by atoms with Gasteiger partial charge in [-0.1, -0.05) is 0 Å². The van der Waals surface area contributed by atoms with Crippen molar-refractivity contribution in [2.45, 2.75) is 6.36 Å². The average Bonchev–Trinajstić information content (AvgIpc) is 2.06. The molecule has 14 heavy (non-hydrogen) atoms. The summed E-state index contributed by atoms with van der Waals surface area (Å²) in [5.74, 6) is -1.11. The van der Waals surface area contributed by atoms with Crippen molar-refractivity contribution in [3.8, 4) is 11.5 Å². The standard InChI is InChI=1S/C7H7F3N2O2/c1-13-4-2-3-12-6(11)5(4)14-7(8,9)10/h2-3H,1H3,(H2,11,12). The fraction of sp³-hybridized carbons (Fsp3) is 0.286. The third kappa shape index (κ3) is 2.41. The number of nitrogens with two attached hydrogens (primary N) is 1. The first-order chi connectivity index (χ1) is 6.44. The van der Waals surface area contributed by atoms with Crippen LogP contribution in [0.5, 0.6) is 11.5 Å². The van der Waals surface area contributed by atoms with Crippen LogP contribution < -0.4 is 15.2 Å². The first kappa shape index (κ1) is 10.4. The Morgan fingerprint density at radius 1 is 1.43 bits per heavy atom. The van der Waals surface area contributed by atoms with E-state index in [1.165, 1.54) is 19.4 Å². The molecule has 0 aliphatic rings. The van der Waals surface area contributed by atoms with Crippen LogP contribution in [0.1, 0.15) is 0 Å². The summed E-state index contributed by atoms with van der Waals surface area (Å²) in [7, 11) is 1.21. The van der Waals surface area contributed by atoms with Crippen LogP contribution in [0.15, 0.2) is 12.3 Å². The molecule has 0 bridgehead atoms. The van der Waals surface area contributed by atoms with Gasteiger partial charge in [-0.25, -0.2) is 4.98 Å². The molecule has 1 aromatic heterocycles. The van der Waals surface area contributed by atoms with Crippen LogP contribution in [-0.4, -0.2) is 18.5 Å². The summed E-state index contributed by atoms with van der Waals surface area (Å²) in [6.07, 6.45) is -3.60. The minimum absolute atomic E-state index is 0.116. The monoisotopic (exact) mass is 208 g/mol. The molecule has 4 nitrogen and oxygen atoms in total. The van der Waals surface area contributed by atoms with Crippen molar-refractivity contribution < 1.29 is 22.6 Å². The van der Waals surface area contributed by atoms with E-state index in [9.17, 15) is 13.2 Å². The Bertz CT molecular complexity index is 327. The van der Waals surface area contributed by atoms with Crippen LogP contribution in [0, 0.1) is 0 Å². The Morgan fingerprint density at radius 2 is 2.07 bits per heavy atom. The largest absolute Gasteiger partial charge is 0.573 e. The van der Waals surface area contributed by atoms with Gasteiger partial charge >= 0.3 is 6.36 Å². The van der Waals surface area contributed by atoms with Crippen LogP contribution >= 0.6 is 0 Å². The van der Waals surface area contributed by atoms with E-state index in [1.54, 1.807) is 0 Å². The Morgan fingerprint density at radius 3 is 2.57 bits per heavy atom. The van der Waals surface area contributed by atoms with E-state index in [0.29, 0.717) is 0 Å². The van der Waals surface area contributed by atoms with Gasteiger partial charge in [0.2, 0.25) is 5.75 Å². The van der Waals surface area contributed by atoms with Crippen LogP contribution in [0.4, 0.5) is 19.0 Å². The molecule has 0 aliphatic carbocycles. The van der Waals surface area contributed by atoms with Crippen molar-refractivity contribution in [3.05, 3.63) is 12.3 Å². The third-order valence-electron chi connectivity index (χ3n) is 1.33. The number of nitrogens with zero attached hydrogens (tertiary/aromatic N) is 1. The quantitative estimate of drug-likeness (QED) is 0.801. The molecule has 78 valence electrons. The molecule has 0 saturated heterocycles. The Kier molecular flexibility index (Phi) is 2.68. The van der Waals surface area contributed by atoms with Gasteiger partial charge in [0.05, 0.1) is 7.11 Å². The van der Waals surface area contributed by atoms with Crippen molar-refractivity contribution in [3.63, 3.8) is 0 Å². The van der Waals surface area contributed by atoms with Gasteiger partial charge in [-0.3, -0.25) is 0 Å². The summed E-state index contributed by atoms with van der Waals surface area (Å²) in [5.41, 5.74) is 5.19. The van der Waals surface area contributed by atoms with E-state index in [-0.39, 0.29) is 11.6 Å². The maximum Gasteiger partial charge on any atom is 0.573 e. The smallest absolute Gasteiger partial charge is 0.493 e. The Balaban J connectivity index is 3.05. The summed E-state index contributed by atoms with van der Waals surface area (Å²) >= 11 is 0. The SMILES string of the molecule is COc1ccnc(N)c1OC(F)(F)F. The lowest BCUT2D eigenvalue weighted by Crippen LogP contribution is -2.18. The van der Waals surface area contributed by atoms with Gasteiger partial charge in [0, 0.05) is 12.3 Å². The highest BCUT2D eigenvalue weighted by Gasteiger charge is 2.33. The number of rotatable bonds is 2. The summed E-state index contributed by atoms with van der Waals surface area (Å²) in [4.78, 5) is 3.44. The molecular formula is C7H7F3N2O2. The normalized spacial score (nSPS) is 11.1. The van der Waals surface area contributed by atoms with Gasteiger partial charge in [-0.05, 0) is 0 Å². The second-order valence-corrected chi connectivity index (χ2v) is 2.28. The molecule has 2 N–H and O–H groups in total. The lowest BCUT2D eigenvalue weighted by Gasteiger charge is -2.13. The Labute approximate surface area is 77.4 Å². The van der Waals surface area contributed by atoms with Crippen LogP contribution in [0.2, 0.25) is 0 Å². The Hall–Kier alpha value is -1.66. The highest BCUT2D eigenvalue weighted by atomic mass is 19.4. The van der Waals surface area contributed by atoms with E-state index < -0.39 is 12.1 Å². The van der Waals surface area contributed by atoms with E-state index in [0.717, 1.165) is 0 Å². The van der Waals surface area contributed by atoms with Gasteiger partial charge in [-0.15, -0.1) is 13.2 Å². The van der Waals surface area contributed by atoms with Gasteiger partial charge in [0.25, 0.3) is 0 Å². The molecule has 7 heteroatoms. The highest BCUT2D eigenvalue weighted by molar-refractivity contribution is 5.54. The number of methoxy groups -OCH3 is 1. The number of hydrogen-bond acceptors (Lipinski definition) is 4. The molecule has 0 spiro atoms. The molecule has 1 aromatic rings. The molecule has 0 aliphatic heterocycles. The molecule has 1 heterocycles. The zero-order chi connectivity index (χ0) is 10.8. The first-order valence-electron chi connectivity index (χ1n) is 3.48. The first-order valence-corrected chi connectivity index (χ1v) is 3.48. The number of pyridine rings is 1. The molecule has 1 rings (SSSR count). The fourth-order valence-electron chi connectivity index (χ4n) is 0.825. The molecule has 0 saturated carbocycles. The number of anilines is 1. The molecule has 0 amide bonds. The van der Waals surface area contributed by atoms with E-state index in [4.69, 9.17) is 5.73 Å². The topological polar surface area (TPSA) is 57.4 Å². The van der Waals surface area contributed by atoms with Crippen molar-refractivity contribution in [1.29, 1.82) is 0 Å². The highest BCUT2D eigenvalue weighted by Crippen LogP contribution is 2.35. The van der Waals surface area contributed by atoms with Crippen molar-refractivity contribution >= 4 is 5.82 Å². The second-order valence-electron chi connectivity index (χ2n) is 2.28. The number of ether oxygens (including phenoxy) is 2. The summed E-state index contributed by atoms with van der Waals surface area (Å²) in [6, 6.07) is 1.22. The van der Waals surface area contributed by atoms with Gasteiger partial charge in [0.15, 0.2) is 11.6 Å². The number of aromatic nitrogens is 1. The summed E-state index contributed by atoms with van der Waals surface area (Å²) in [6.45, 7) is 0. The minimum Gasteiger partial charge on any atom is -0.493 e. The lowest BCUT2D eigenvalue weighted by molar-refractivity contribution is -0.274. The second kappa shape index (κ2) is 3.60. The zero-order valence-electron chi connectivity index (χ0n) is 7.13. The fourth-order valence-corrected chi connectivity index (χ4v) is 0.825. The van der Waals surface area contributed by atoms with Crippen LogP contribution in [0.3, 0.4) is 0 Å². The average molecular weight is 208 g/mol. The maximum atomic E-state index is 11.9. The number of hydrogen-bond donors (Lipinski definition) is 1. The predicted molar refractivity (Wildman–Crippen MR) is 41.9 cm³/mol. The van der Waals surface area contributed by atoms with Gasteiger partial charge in [-0.2, -0.15) is 0 Å². The molecular weight excluding hydrogens is 201 g/mol. The van der Waals surface area contributed by atoms with E-state index in [2.05, 4.69) is 14.5 Å². The lowest BCUT2D eigenvalue weighted by atomic mass is 10.4. The molecule has 0 fully saturated rings. The van der Waals surface area contributed by atoms with Crippen molar-refractivity contribution in [2.24, 2.45) is 0 Å². The number of halogens is 3. The van der Waals surface area contributed by atoms with Gasteiger partial charge in [0.1, 0.15) is 0 Å². The molecule has 0 aromatic carbocycles. The molecule has 0 atom stereocenters. The van der Waals surface area contributed by atoms with Crippen LogP contribution in [0.25, 0.3) is 0 Å². The number of nitrogen functional groups attached to an aromatic ring is 1. The van der Waals surface area contributed by atoms with Crippen LogP contribution in [-0.2, 0) is 0 Å². The summed E-state index contributed by atoms with van der Waals surface area (Å²) in [5, 5.41) is 0. The van der Waals surface area contributed by atoms with E-state index >= 15 is 0 Å². The zero-order valence-corrected chi connectivity index (χ0v) is 7.13. The van der Waals surface area contributed by atoms with Crippen molar-refractivity contribution in [2.75, 3.05) is 12.8 Å². The third-order valence-corrected chi connectivity index (χ3v) is 1.33. The molecule has 0 radical (unpaired) electrons. The maximum absolute atomic E-state index is 11.9. The van der Waals surface area contributed by atoms with E-state index in [1.807, 2.05) is 0 Å². The predicted octanol–water partition coefficient (Wildman–Crippen LogP) is 1.57.